The molecule has 0 bridgehead atoms. The second-order valence-electron chi connectivity index (χ2n) is 7.72. The summed E-state index contributed by atoms with van der Waals surface area (Å²) in [5.74, 6) is 0.0901. The zero-order valence-electron chi connectivity index (χ0n) is 16.3. The van der Waals surface area contributed by atoms with Crippen LogP contribution in [0.4, 0.5) is 0 Å². The maximum Gasteiger partial charge on any atom is 0.270 e. The summed E-state index contributed by atoms with van der Waals surface area (Å²) in [6.07, 6.45) is 5.29. The Balaban J connectivity index is 1.74. The topological polar surface area (TPSA) is 39.3 Å². The minimum absolute atomic E-state index is 0.0901. The molecular weight excluding hydrogens is 310 g/mol. The highest BCUT2D eigenvalue weighted by molar-refractivity contribution is 6.02. The smallest absolute Gasteiger partial charge is 0.270 e. The van der Waals surface area contributed by atoms with E-state index in [0.717, 1.165) is 29.9 Å². The zero-order chi connectivity index (χ0) is 18.1. The molecule has 1 heterocycles. The van der Waals surface area contributed by atoms with E-state index < -0.39 is 0 Å². The normalized spacial score (nSPS) is 15.4. The SMILES string of the molecule is Cc1ccc(C)c2c(C)c(C(=O)N(C)CCN(C)C3CCCC3)[nH]c12. The van der Waals surface area contributed by atoms with Gasteiger partial charge in [-0.3, -0.25) is 4.79 Å². The lowest BCUT2D eigenvalue weighted by molar-refractivity contribution is 0.0769. The predicted octanol–water partition coefficient (Wildman–Crippen LogP) is 4.04. The second kappa shape index (κ2) is 7.20. The van der Waals surface area contributed by atoms with Crippen molar-refractivity contribution in [2.75, 3.05) is 27.2 Å². The average molecular weight is 341 g/mol. The fourth-order valence-electron chi connectivity index (χ4n) is 4.14. The summed E-state index contributed by atoms with van der Waals surface area (Å²) in [7, 11) is 4.10. The minimum Gasteiger partial charge on any atom is -0.350 e. The standard InChI is InChI=1S/C21H31N3O/c1-14-10-11-15(2)19-18(14)16(3)20(22-19)21(25)24(5)13-12-23(4)17-8-6-7-9-17/h10-11,17,22H,6-9,12-13H2,1-5H3. The molecule has 1 saturated carbocycles. The Morgan fingerprint density at radius 2 is 1.72 bits per heavy atom. The first-order valence-electron chi connectivity index (χ1n) is 9.44. The van der Waals surface area contributed by atoms with E-state index in [1.54, 1.807) is 0 Å². The first-order valence-corrected chi connectivity index (χ1v) is 9.44. The summed E-state index contributed by atoms with van der Waals surface area (Å²) >= 11 is 0. The van der Waals surface area contributed by atoms with Crippen LogP contribution in [0, 0.1) is 20.8 Å². The fourth-order valence-corrected chi connectivity index (χ4v) is 4.14. The van der Waals surface area contributed by atoms with E-state index in [1.807, 2.05) is 11.9 Å². The summed E-state index contributed by atoms with van der Waals surface area (Å²) in [4.78, 5) is 20.6. The Labute approximate surface area is 151 Å². The van der Waals surface area contributed by atoms with Crippen molar-refractivity contribution in [3.8, 4) is 0 Å². The van der Waals surface area contributed by atoms with Crippen molar-refractivity contribution < 1.29 is 4.79 Å². The Bertz CT molecular complexity index is 771. The molecule has 25 heavy (non-hydrogen) atoms. The number of benzene rings is 1. The summed E-state index contributed by atoms with van der Waals surface area (Å²) < 4.78 is 0. The maximum absolute atomic E-state index is 13.0. The lowest BCUT2D eigenvalue weighted by Gasteiger charge is -2.26. The van der Waals surface area contributed by atoms with E-state index in [-0.39, 0.29) is 5.91 Å². The molecule has 4 heteroatoms. The van der Waals surface area contributed by atoms with Gasteiger partial charge in [0.2, 0.25) is 0 Å². The van der Waals surface area contributed by atoms with E-state index in [9.17, 15) is 4.79 Å². The number of amides is 1. The van der Waals surface area contributed by atoms with Crippen molar-refractivity contribution in [1.82, 2.24) is 14.8 Å². The molecule has 3 rings (SSSR count). The van der Waals surface area contributed by atoms with Crippen LogP contribution in [0.5, 0.6) is 0 Å². The lowest BCUT2D eigenvalue weighted by atomic mass is 10.0. The van der Waals surface area contributed by atoms with Gasteiger partial charge in [-0.15, -0.1) is 0 Å². The molecule has 0 atom stereocenters. The number of carbonyl (C=O) groups is 1. The van der Waals surface area contributed by atoms with E-state index in [4.69, 9.17) is 0 Å². The van der Waals surface area contributed by atoms with Gasteiger partial charge in [-0.25, -0.2) is 0 Å². The Morgan fingerprint density at radius 1 is 1.08 bits per heavy atom. The molecule has 1 aliphatic rings. The number of aryl methyl sites for hydroxylation is 3. The van der Waals surface area contributed by atoms with Crippen molar-refractivity contribution in [3.63, 3.8) is 0 Å². The second-order valence-corrected chi connectivity index (χ2v) is 7.72. The number of aromatic amines is 1. The highest BCUT2D eigenvalue weighted by Gasteiger charge is 2.22. The number of carbonyl (C=O) groups excluding carboxylic acids is 1. The van der Waals surface area contributed by atoms with Crippen LogP contribution in [0.1, 0.15) is 52.9 Å². The molecule has 1 aromatic heterocycles. The van der Waals surface area contributed by atoms with E-state index in [1.165, 1.54) is 42.2 Å². The Hall–Kier alpha value is -1.81. The first-order chi connectivity index (χ1) is 11.9. The molecule has 0 unspecified atom stereocenters. The third kappa shape index (κ3) is 3.45. The summed E-state index contributed by atoms with van der Waals surface area (Å²) in [5, 5.41) is 1.19. The van der Waals surface area contributed by atoms with Gasteiger partial charge < -0.3 is 14.8 Å². The van der Waals surface area contributed by atoms with Gasteiger partial charge in [-0.1, -0.05) is 25.0 Å². The predicted molar refractivity (Wildman–Crippen MR) is 104 cm³/mol. The molecular formula is C21H31N3O. The summed E-state index contributed by atoms with van der Waals surface area (Å²) in [6, 6.07) is 4.94. The molecule has 1 aromatic carbocycles. The van der Waals surface area contributed by atoms with Gasteiger partial charge in [0.1, 0.15) is 5.69 Å². The quantitative estimate of drug-likeness (QED) is 0.891. The van der Waals surface area contributed by atoms with Crippen LogP contribution in [-0.4, -0.2) is 53.9 Å². The fraction of sp³-hybridized carbons (Fsp3) is 0.571. The average Bonchev–Trinajstić information content (AvgIpc) is 3.24. The van der Waals surface area contributed by atoms with Crippen LogP contribution in [0.2, 0.25) is 0 Å². The monoisotopic (exact) mass is 341 g/mol. The van der Waals surface area contributed by atoms with E-state index in [0.29, 0.717) is 6.04 Å². The maximum atomic E-state index is 13.0. The number of hydrogen-bond acceptors (Lipinski definition) is 2. The third-order valence-electron chi connectivity index (χ3n) is 5.92. The van der Waals surface area contributed by atoms with Gasteiger partial charge in [0.05, 0.1) is 0 Å². The van der Waals surface area contributed by atoms with Crippen molar-refractivity contribution >= 4 is 16.8 Å². The molecule has 136 valence electrons. The van der Waals surface area contributed by atoms with Crippen molar-refractivity contribution in [2.45, 2.75) is 52.5 Å². The zero-order valence-corrected chi connectivity index (χ0v) is 16.3. The number of likely N-dealkylation sites (N-methyl/N-ethyl adjacent to an activating group) is 2. The molecule has 0 saturated heterocycles. The van der Waals surface area contributed by atoms with E-state index >= 15 is 0 Å². The summed E-state index contributed by atoms with van der Waals surface area (Å²) in [6.45, 7) is 7.95. The number of rotatable bonds is 5. The highest BCUT2D eigenvalue weighted by atomic mass is 16.2. The number of H-pyrrole nitrogens is 1. The molecule has 0 aliphatic heterocycles. The van der Waals surface area contributed by atoms with Gasteiger partial charge in [0, 0.05) is 37.1 Å². The van der Waals surface area contributed by atoms with Crippen LogP contribution in [-0.2, 0) is 0 Å². The van der Waals surface area contributed by atoms with Crippen molar-refractivity contribution in [1.29, 1.82) is 0 Å². The van der Waals surface area contributed by atoms with Gasteiger partial charge in [-0.2, -0.15) is 0 Å². The number of fused-ring (bicyclic) bond motifs is 1. The molecule has 1 N–H and O–H groups in total. The number of hydrogen-bond donors (Lipinski definition) is 1. The summed E-state index contributed by atoms with van der Waals surface area (Å²) in [5.41, 5.74) is 5.30. The third-order valence-corrected chi connectivity index (χ3v) is 5.92. The van der Waals surface area contributed by atoms with Crippen LogP contribution in [0.25, 0.3) is 10.9 Å². The molecule has 0 radical (unpaired) electrons. The molecule has 4 nitrogen and oxygen atoms in total. The van der Waals surface area contributed by atoms with Gasteiger partial charge in [0.15, 0.2) is 0 Å². The number of nitrogens with one attached hydrogen (secondary N) is 1. The van der Waals surface area contributed by atoms with Gasteiger partial charge in [0.25, 0.3) is 5.91 Å². The number of aromatic nitrogens is 1. The van der Waals surface area contributed by atoms with Crippen LogP contribution in [0.15, 0.2) is 12.1 Å². The van der Waals surface area contributed by atoms with Gasteiger partial charge in [-0.05, 0) is 57.4 Å². The van der Waals surface area contributed by atoms with Crippen molar-refractivity contribution in [2.24, 2.45) is 0 Å². The molecule has 1 amide bonds. The molecule has 1 fully saturated rings. The van der Waals surface area contributed by atoms with Crippen LogP contribution < -0.4 is 0 Å². The van der Waals surface area contributed by atoms with Gasteiger partial charge >= 0.3 is 0 Å². The Kier molecular flexibility index (Phi) is 5.19. The van der Waals surface area contributed by atoms with Crippen molar-refractivity contribution in [3.05, 3.63) is 34.5 Å². The number of nitrogens with zero attached hydrogens (tertiary/aromatic N) is 2. The minimum atomic E-state index is 0.0901. The Morgan fingerprint density at radius 3 is 2.36 bits per heavy atom. The molecule has 2 aromatic rings. The largest absolute Gasteiger partial charge is 0.350 e. The van der Waals surface area contributed by atoms with E-state index in [2.05, 4.69) is 49.8 Å². The lowest BCUT2D eigenvalue weighted by Crippen LogP contribution is -2.38. The van der Waals surface area contributed by atoms with Crippen LogP contribution >= 0.6 is 0 Å². The highest BCUT2D eigenvalue weighted by Crippen LogP contribution is 2.28. The van der Waals surface area contributed by atoms with Crippen LogP contribution in [0.3, 0.4) is 0 Å². The first kappa shape index (κ1) is 18.0. The molecule has 1 aliphatic carbocycles. The molecule has 0 spiro atoms.